The van der Waals surface area contributed by atoms with Gasteiger partial charge in [0.25, 0.3) is 0 Å². The minimum Gasteiger partial charge on any atom is -0.365 e. The fourth-order valence-electron chi connectivity index (χ4n) is 2.86. The van der Waals surface area contributed by atoms with Crippen molar-refractivity contribution in [1.29, 1.82) is 0 Å². The summed E-state index contributed by atoms with van der Waals surface area (Å²) in [5.41, 5.74) is 1.17. The van der Waals surface area contributed by atoms with E-state index in [-0.39, 0.29) is 11.4 Å². The van der Waals surface area contributed by atoms with Crippen molar-refractivity contribution in [2.24, 2.45) is 0 Å². The molecule has 3 heteroatoms. The molecular weight excluding hydrogens is 215 g/mol. The summed E-state index contributed by atoms with van der Waals surface area (Å²) >= 11 is 0. The molecule has 1 heterocycles. The Balaban J connectivity index is 2.27. The number of hydrogen-bond donors (Lipinski definition) is 1. The van der Waals surface area contributed by atoms with Crippen LogP contribution < -0.4 is 10.2 Å². The van der Waals surface area contributed by atoms with Crippen molar-refractivity contribution >= 4 is 5.69 Å². The van der Waals surface area contributed by atoms with Gasteiger partial charge in [-0.1, -0.05) is 0 Å². The molecule has 1 fully saturated rings. The second-order valence-corrected chi connectivity index (χ2v) is 5.27. The molecule has 0 bridgehead atoms. The van der Waals surface area contributed by atoms with Crippen LogP contribution in [0.2, 0.25) is 0 Å². The van der Waals surface area contributed by atoms with Crippen molar-refractivity contribution in [3.05, 3.63) is 30.1 Å². The van der Waals surface area contributed by atoms with Crippen molar-refractivity contribution in [3.63, 3.8) is 0 Å². The first kappa shape index (κ1) is 12.4. The highest BCUT2D eigenvalue weighted by molar-refractivity contribution is 5.50. The third kappa shape index (κ3) is 2.29. The van der Waals surface area contributed by atoms with Crippen LogP contribution in [0.4, 0.5) is 10.1 Å². The van der Waals surface area contributed by atoms with Gasteiger partial charge in [-0.15, -0.1) is 0 Å². The van der Waals surface area contributed by atoms with E-state index in [0.29, 0.717) is 6.04 Å². The molecule has 1 aliphatic heterocycles. The highest BCUT2D eigenvalue weighted by Gasteiger charge is 2.37. The Labute approximate surface area is 103 Å². The van der Waals surface area contributed by atoms with Crippen LogP contribution in [0, 0.1) is 5.82 Å². The van der Waals surface area contributed by atoms with Gasteiger partial charge in [0, 0.05) is 23.8 Å². The van der Waals surface area contributed by atoms with Crippen LogP contribution >= 0.6 is 0 Å². The Morgan fingerprint density at radius 2 is 1.94 bits per heavy atom. The lowest BCUT2D eigenvalue weighted by atomic mass is 9.84. The number of likely N-dealkylation sites (N-methyl/N-ethyl adjacent to an activating group) is 1. The number of halogens is 1. The van der Waals surface area contributed by atoms with Crippen LogP contribution in [0.3, 0.4) is 0 Å². The standard InChI is InChI=1S/C14H21FN2/c1-14(2)13(16-3)5-4-10-17(14)12-8-6-11(15)7-9-12/h6-9,13,16H,4-5,10H2,1-3H3. The van der Waals surface area contributed by atoms with Crippen LogP contribution in [0.5, 0.6) is 0 Å². The summed E-state index contributed by atoms with van der Waals surface area (Å²) < 4.78 is 13.0. The number of piperidine rings is 1. The number of nitrogens with zero attached hydrogens (tertiary/aromatic N) is 1. The quantitative estimate of drug-likeness (QED) is 0.849. The number of anilines is 1. The predicted octanol–water partition coefficient (Wildman–Crippen LogP) is 2.79. The van der Waals surface area contributed by atoms with Crippen molar-refractivity contribution in [3.8, 4) is 0 Å². The maximum absolute atomic E-state index is 13.0. The summed E-state index contributed by atoms with van der Waals surface area (Å²) in [5.74, 6) is -0.172. The monoisotopic (exact) mass is 236 g/mol. The highest BCUT2D eigenvalue weighted by Crippen LogP contribution is 2.32. The third-order valence-electron chi connectivity index (χ3n) is 3.91. The average Bonchev–Trinajstić information content (AvgIpc) is 2.30. The summed E-state index contributed by atoms with van der Waals surface area (Å²) in [5, 5.41) is 3.39. The highest BCUT2D eigenvalue weighted by atomic mass is 19.1. The Kier molecular flexibility index (Phi) is 3.38. The molecule has 2 nitrogen and oxygen atoms in total. The first-order chi connectivity index (χ1) is 8.05. The van der Waals surface area contributed by atoms with Gasteiger partial charge in [-0.25, -0.2) is 4.39 Å². The fraction of sp³-hybridized carbons (Fsp3) is 0.571. The van der Waals surface area contributed by atoms with Gasteiger partial charge in [-0.05, 0) is 58.0 Å². The summed E-state index contributed by atoms with van der Waals surface area (Å²) in [7, 11) is 2.01. The molecule has 1 unspecified atom stereocenters. The largest absolute Gasteiger partial charge is 0.365 e. The van der Waals surface area contributed by atoms with E-state index in [2.05, 4.69) is 24.1 Å². The van der Waals surface area contributed by atoms with Gasteiger partial charge < -0.3 is 10.2 Å². The lowest BCUT2D eigenvalue weighted by Gasteiger charge is -2.49. The van der Waals surface area contributed by atoms with Crippen molar-refractivity contribution in [2.75, 3.05) is 18.5 Å². The van der Waals surface area contributed by atoms with Crippen LogP contribution in [-0.2, 0) is 0 Å². The zero-order chi connectivity index (χ0) is 12.5. The molecule has 2 rings (SSSR count). The lowest BCUT2D eigenvalue weighted by molar-refractivity contribution is 0.275. The normalized spacial score (nSPS) is 23.8. The van der Waals surface area contributed by atoms with E-state index in [1.54, 1.807) is 0 Å². The van der Waals surface area contributed by atoms with Crippen molar-refractivity contribution < 1.29 is 4.39 Å². The second kappa shape index (κ2) is 4.65. The third-order valence-corrected chi connectivity index (χ3v) is 3.91. The summed E-state index contributed by atoms with van der Waals surface area (Å²) in [6.45, 7) is 5.53. The molecule has 94 valence electrons. The first-order valence-electron chi connectivity index (χ1n) is 6.26. The molecule has 1 aromatic rings. The molecule has 1 aliphatic rings. The smallest absolute Gasteiger partial charge is 0.123 e. The minimum atomic E-state index is -0.172. The molecule has 0 spiro atoms. The van der Waals surface area contributed by atoms with Crippen LogP contribution in [0.15, 0.2) is 24.3 Å². The van der Waals surface area contributed by atoms with Gasteiger partial charge in [0.15, 0.2) is 0 Å². The Bertz CT molecular complexity index is 372. The van der Waals surface area contributed by atoms with Gasteiger partial charge in [0.05, 0.1) is 0 Å². The number of hydrogen-bond acceptors (Lipinski definition) is 2. The summed E-state index contributed by atoms with van der Waals surface area (Å²) in [4.78, 5) is 2.37. The number of rotatable bonds is 2. The maximum atomic E-state index is 13.0. The molecule has 0 aromatic heterocycles. The molecule has 1 aromatic carbocycles. The molecule has 0 saturated carbocycles. The number of nitrogens with one attached hydrogen (secondary N) is 1. The van der Waals surface area contributed by atoms with Gasteiger partial charge in [-0.3, -0.25) is 0 Å². The topological polar surface area (TPSA) is 15.3 Å². The average molecular weight is 236 g/mol. The van der Waals surface area contributed by atoms with Crippen molar-refractivity contribution in [2.45, 2.75) is 38.3 Å². The molecule has 17 heavy (non-hydrogen) atoms. The van der Waals surface area contributed by atoms with Gasteiger partial charge in [0.1, 0.15) is 5.82 Å². The Morgan fingerprint density at radius 1 is 1.29 bits per heavy atom. The van der Waals surface area contributed by atoms with Crippen LogP contribution in [0.1, 0.15) is 26.7 Å². The predicted molar refractivity (Wildman–Crippen MR) is 69.9 cm³/mol. The molecule has 0 amide bonds. The van der Waals surface area contributed by atoms with Gasteiger partial charge >= 0.3 is 0 Å². The molecule has 0 aliphatic carbocycles. The van der Waals surface area contributed by atoms with Crippen LogP contribution in [-0.4, -0.2) is 25.2 Å². The summed E-state index contributed by atoms with van der Waals surface area (Å²) in [6, 6.07) is 7.29. The Morgan fingerprint density at radius 3 is 2.53 bits per heavy atom. The SMILES string of the molecule is CNC1CCCN(c2ccc(F)cc2)C1(C)C. The molecule has 1 N–H and O–H groups in total. The van der Waals surface area contributed by atoms with Crippen LogP contribution in [0.25, 0.3) is 0 Å². The molecule has 1 saturated heterocycles. The Hall–Kier alpha value is -1.09. The van der Waals surface area contributed by atoms with E-state index in [4.69, 9.17) is 0 Å². The minimum absolute atomic E-state index is 0.0603. The molecular formula is C14H21FN2. The van der Waals surface area contributed by atoms with Crippen molar-refractivity contribution in [1.82, 2.24) is 5.32 Å². The van der Waals surface area contributed by atoms with Gasteiger partial charge in [0.2, 0.25) is 0 Å². The van der Waals surface area contributed by atoms with E-state index in [1.807, 2.05) is 19.2 Å². The fourth-order valence-corrected chi connectivity index (χ4v) is 2.86. The summed E-state index contributed by atoms with van der Waals surface area (Å²) in [6.07, 6.45) is 2.37. The van der Waals surface area contributed by atoms with E-state index >= 15 is 0 Å². The molecule has 0 radical (unpaired) electrons. The van der Waals surface area contributed by atoms with E-state index in [1.165, 1.54) is 25.0 Å². The molecule has 1 atom stereocenters. The zero-order valence-electron chi connectivity index (χ0n) is 10.8. The maximum Gasteiger partial charge on any atom is 0.123 e. The van der Waals surface area contributed by atoms with E-state index in [0.717, 1.165) is 12.2 Å². The van der Waals surface area contributed by atoms with Gasteiger partial charge in [-0.2, -0.15) is 0 Å². The van der Waals surface area contributed by atoms with E-state index < -0.39 is 0 Å². The second-order valence-electron chi connectivity index (χ2n) is 5.27. The zero-order valence-corrected chi connectivity index (χ0v) is 10.8. The van der Waals surface area contributed by atoms with E-state index in [9.17, 15) is 4.39 Å². The lowest BCUT2D eigenvalue weighted by Crippen LogP contribution is -2.60. The first-order valence-corrected chi connectivity index (χ1v) is 6.26. The number of benzene rings is 1.